The van der Waals surface area contributed by atoms with Crippen molar-refractivity contribution in [1.82, 2.24) is 4.57 Å². The number of aromatic nitrogens is 1. The van der Waals surface area contributed by atoms with Crippen molar-refractivity contribution in [3.05, 3.63) is 86.5 Å². The van der Waals surface area contributed by atoms with Gasteiger partial charge in [-0.05, 0) is 92.2 Å². The fourth-order valence-electron chi connectivity index (χ4n) is 3.82. The Balaban J connectivity index is 1.72. The number of rotatable bonds is 4. The van der Waals surface area contributed by atoms with Crippen molar-refractivity contribution in [1.29, 1.82) is 0 Å². The summed E-state index contributed by atoms with van der Waals surface area (Å²) in [4.78, 5) is 39.1. The second-order valence-electron chi connectivity index (χ2n) is 7.65. The van der Waals surface area contributed by atoms with Crippen LogP contribution in [0.5, 0.6) is 0 Å². The normalized spacial score (nSPS) is 14.9. The summed E-state index contributed by atoms with van der Waals surface area (Å²) in [5.74, 6) is -0.782. The van der Waals surface area contributed by atoms with Crippen molar-refractivity contribution >= 4 is 52.2 Å². The van der Waals surface area contributed by atoms with Crippen LogP contribution in [0.2, 0.25) is 5.02 Å². The lowest BCUT2D eigenvalue weighted by atomic mass is 10.1. The number of aryl methyl sites for hydroxylation is 2. The lowest BCUT2D eigenvalue weighted by Gasteiger charge is -2.14. The molecule has 0 atom stereocenters. The monoisotopic (exact) mass is 480 g/mol. The molecule has 0 aliphatic carbocycles. The van der Waals surface area contributed by atoms with E-state index in [4.69, 9.17) is 16.3 Å². The van der Waals surface area contributed by atoms with Gasteiger partial charge in [0.1, 0.15) is 0 Å². The van der Waals surface area contributed by atoms with E-state index in [1.165, 1.54) is 7.11 Å². The number of amides is 2. The Hall–Kier alpha value is -3.29. The maximum Gasteiger partial charge on any atom is 0.337 e. The first-order valence-corrected chi connectivity index (χ1v) is 11.3. The molecule has 0 unspecified atom stereocenters. The Labute approximate surface area is 200 Å². The fourth-order valence-corrected chi connectivity index (χ4v) is 4.78. The standard InChI is InChI=1S/C25H21ClN2O4S/c1-14-5-6-17(24(30)32-4)12-21(14)27-15(2)11-18(16(27)3)13-22-23(29)28(25(31)33-22)20-9-7-19(26)8-10-20/h5-13H,1-4H3/b22-13+. The third-order valence-electron chi connectivity index (χ3n) is 5.51. The van der Waals surface area contributed by atoms with Gasteiger partial charge in [0.2, 0.25) is 0 Å². The van der Waals surface area contributed by atoms with Crippen LogP contribution in [-0.4, -0.2) is 28.8 Å². The van der Waals surface area contributed by atoms with Crippen LogP contribution >= 0.6 is 23.4 Å². The minimum atomic E-state index is -0.408. The van der Waals surface area contributed by atoms with E-state index in [1.807, 2.05) is 37.5 Å². The van der Waals surface area contributed by atoms with Crippen LogP contribution < -0.4 is 4.90 Å². The van der Waals surface area contributed by atoms with Crippen LogP contribution in [0, 0.1) is 20.8 Å². The van der Waals surface area contributed by atoms with Crippen molar-refractivity contribution in [2.75, 3.05) is 12.0 Å². The average molecular weight is 481 g/mol. The number of anilines is 1. The van der Waals surface area contributed by atoms with E-state index in [-0.39, 0.29) is 11.1 Å². The number of esters is 1. The molecule has 1 aliphatic rings. The number of methoxy groups -OCH3 is 1. The first-order chi connectivity index (χ1) is 15.7. The van der Waals surface area contributed by atoms with Gasteiger partial charge in [0.05, 0.1) is 23.3 Å². The summed E-state index contributed by atoms with van der Waals surface area (Å²) in [6, 6.07) is 13.9. The number of benzene rings is 2. The highest BCUT2D eigenvalue weighted by molar-refractivity contribution is 8.19. The highest BCUT2D eigenvalue weighted by atomic mass is 35.5. The van der Waals surface area contributed by atoms with E-state index in [0.29, 0.717) is 21.2 Å². The third kappa shape index (κ3) is 4.21. The van der Waals surface area contributed by atoms with E-state index < -0.39 is 5.97 Å². The number of hydrogen-bond acceptors (Lipinski definition) is 5. The van der Waals surface area contributed by atoms with E-state index in [2.05, 4.69) is 0 Å². The molecule has 1 fully saturated rings. The van der Waals surface area contributed by atoms with Crippen LogP contribution in [0.1, 0.15) is 32.9 Å². The second-order valence-corrected chi connectivity index (χ2v) is 9.08. The van der Waals surface area contributed by atoms with E-state index in [1.54, 1.807) is 42.5 Å². The average Bonchev–Trinajstić information content (AvgIpc) is 3.22. The molecule has 1 aliphatic heterocycles. The zero-order chi connectivity index (χ0) is 23.9. The Morgan fingerprint density at radius 1 is 1.03 bits per heavy atom. The lowest BCUT2D eigenvalue weighted by Crippen LogP contribution is -2.27. The molecule has 2 heterocycles. The lowest BCUT2D eigenvalue weighted by molar-refractivity contribution is -0.113. The van der Waals surface area contributed by atoms with E-state index in [0.717, 1.165) is 44.9 Å². The second kappa shape index (κ2) is 8.92. The smallest absolute Gasteiger partial charge is 0.337 e. The zero-order valence-corrected chi connectivity index (χ0v) is 20.1. The molecule has 8 heteroatoms. The maximum atomic E-state index is 13.0. The fraction of sp³-hybridized carbons (Fsp3) is 0.160. The minimum Gasteiger partial charge on any atom is -0.465 e. The number of halogens is 1. The Kier molecular flexibility index (Phi) is 6.19. The molecule has 0 radical (unpaired) electrons. The van der Waals surface area contributed by atoms with Gasteiger partial charge >= 0.3 is 5.97 Å². The molecule has 0 N–H and O–H groups in total. The Morgan fingerprint density at radius 2 is 1.73 bits per heavy atom. The van der Waals surface area contributed by atoms with Crippen LogP contribution in [0.3, 0.4) is 0 Å². The molecule has 0 bridgehead atoms. The number of hydrogen-bond donors (Lipinski definition) is 0. The Bertz CT molecular complexity index is 1320. The summed E-state index contributed by atoms with van der Waals surface area (Å²) in [6.45, 7) is 5.85. The summed E-state index contributed by atoms with van der Waals surface area (Å²) < 4.78 is 6.88. The van der Waals surface area contributed by atoms with Gasteiger partial charge in [-0.2, -0.15) is 0 Å². The number of carbonyl (C=O) groups excluding carboxylic acids is 3. The highest BCUT2D eigenvalue weighted by Crippen LogP contribution is 2.37. The first kappa shape index (κ1) is 22.9. The third-order valence-corrected chi connectivity index (χ3v) is 6.63. The van der Waals surface area contributed by atoms with Gasteiger partial charge < -0.3 is 9.30 Å². The predicted molar refractivity (Wildman–Crippen MR) is 131 cm³/mol. The largest absolute Gasteiger partial charge is 0.465 e. The SMILES string of the molecule is COC(=O)c1ccc(C)c(-n2c(C)cc(/C=C3/SC(=O)N(c4ccc(Cl)cc4)C3=O)c2C)c1. The van der Waals surface area contributed by atoms with Gasteiger partial charge in [0.25, 0.3) is 11.1 Å². The molecule has 2 amide bonds. The molecule has 6 nitrogen and oxygen atoms in total. The molecule has 168 valence electrons. The number of ether oxygens (including phenoxy) is 1. The minimum absolute atomic E-state index is 0.343. The van der Waals surface area contributed by atoms with E-state index >= 15 is 0 Å². The van der Waals surface area contributed by atoms with Gasteiger partial charge in [-0.25, -0.2) is 9.69 Å². The summed E-state index contributed by atoms with van der Waals surface area (Å²) in [5.41, 5.74) is 5.40. The highest BCUT2D eigenvalue weighted by Gasteiger charge is 2.36. The molecule has 1 saturated heterocycles. The van der Waals surface area contributed by atoms with Gasteiger partial charge in [0.15, 0.2) is 0 Å². The van der Waals surface area contributed by atoms with Gasteiger partial charge in [0, 0.05) is 22.1 Å². The van der Waals surface area contributed by atoms with Crippen molar-refractivity contribution in [3.63, 3.8) is 0 Å². The maximum absolute atomic E-state index is 13.0. The van der Waals surface area contributed by atoms with Crippen LogP contribution in [-0.2, 0) is 9.53 Å². The molecule has 2 aromatic carbocycles. The molecular formula is C25H21ClN2O4S. The van der Waals surface area contributed by atoms with Crippen molar-refractivity contribution < 1.29 is 19.1 Å². The summed E-state index contributed by atoms with van der Waals surface area (Å²) in [6.07, 6.45) is 1.74. The molecule has 1 aromatic heterocycles. The van der Waals surface area contributed by atoms with Gasteiger partial charge in [-0.3, -0.25) is 9.59 Å². The van der Waals surface area contributed by atoms with Crippen molar-refractivity contribution in [3.8, 4) is 5.69 Å². The predicted octanol–water partition coefficient (Wildman–Crippen LogP) is 6.08. The van der Waals surface area contributed by atoms with Crippen molar-refractivity contribution in [2.45, 2.75) is 20.8 Å². The summed E-state index contributed by atoms with van der Waals surface area (Å²) in [7, 11) is 1.35. The molecule has 3 aromatic rings. The van der Waals surface area contributed by atoms with Gasteiger partial charge in [-0.15, -0.1) is 0 Å². The zero-order valence-electron chi connectivity index (χ0n) is 18.5. The molecular weight excluding hydrogens is 460 g/mol. The molecule has 4 rings (SSSR count). The number of nitrogens with zero attached hydrogens (tertiary/aromatic N) is 2. The van der Waals surface area contributed by atoms with Crippen LogP contribution in [0.15, 0.2) is 53.4 Å². The molecule has 0 spiro atoms. The number of imide groups is 1. The first-order valence-electron chi connectivity index (χ1n) is 10.1. The van der Waals surface area contributed by atoms with Crippen LogP contribution in [0.4, 0.5) is 10.5 Å². The Morgan fingerprint density at radius 3 is 2.39 bits per heavy atom. The quantitative estimate of drug-likeness (QED) is 0.334. The summed E-state index contributed by atoms with van der Waals surface area (Å²) >= 11 is 6.83. The van der Waals surface area contributed by atoms with Crippen molar-refractivity contribution in [2.24, 2.45) is 0 Å². The molecule has 33 heavy (non-hydrogen) atoms. The van der Waals surface area contributed by atoms with Gasteiger partial charge in [-0.1, -0.05) is 17.7 Å². The molecule has 0 saturated carbocycles. The number of thioether (sulfide) groups is 1. The van der Waals surface area contributed by atoms with Crippen LogP contribution in [0.25, 0.3) is 11.8 Å². The summed E-state index contributed by atoms with van der Waals surface area (Å²) in [5, 5.41) is 0.171. The van der Waals surface area contributed by atoms with E-state index in [9.17, 15) is 14.4 Å². The number of carbonyl (C=O) groups is 3. The topological polar surface area (TPSA) is 68.6 Å².